The number of likely N-dealkylation sites (tertiary alicyclic amines) is 1. The lowest BCUT2D eigenvalue weighted by Gasteiger charge is -2.46. The molecule has 4 amide bonds. The Bertz CT molecular complexity index is 2730. The third-order valence-electron chi connectivity index (χ3n) is 16.0. The number of halogens is 3. The number of carbonyl (C=O) groups is 4. The molecule has 7 heterocycles. The van der Waals surface area contributed by atoms with E-state index < -0.39 is 35.1 Å². The molecule has 4 aromatic carbocycles. The molecule has 3 unspecified atom stereocenters. The number of benzene rings is 4. The lowest BCUT2D eigenvalue weighted by Crippen LogP contribution is -2.59. The molecule has 0 aliphatic carbocycles. The van der Waals surface area contributed by atoms with Crippen LogP contribution in [0.4, 0.5) is 27.1 Å². The minimum atomic E-state index is -0.820. The molecule has 0 bridgehead atoms. The molecule has 7 aliphatic heterocycles. The number of nitrogens with zero attached hydrogens (tertiary/aromatic N) is 4. The van der Waals surface area contributed by atoms with Crippen molar-refractivity contribution in [3.63, 3.8) is 0 Å². The summed E-state index contributed by atoms with van der Waals surface area (Å²) in [4.78, 5) is 61.7. The van der Waals surface area contributed by atoms with Crippen molar-refractivity contribution in [3.05, 3.63) is 111 Å². The van der Waals surface area contributed by atoms with Crippen molar-refractivity contribution in [1.82, 2.24) is 20.4 Å². The van der Waals surface area contributed by atoms with Crippen molar-refractivity contribution < 1.29 is 28.3 Å². The van der Waals surface area contributed by atoms with E-state index in [2.05, 4.69) is 62.8 Å². The number of nitrogens with one attached hydrogen (secondary N) is 4. The topological polar surface area (TPSA) is 139 Å². The van der Waals surface area contributed by atoms with Gasteiger partial charge in [0.15, 0.2) is 0 Å². The molecular formula is C52H57Cl2FN8O5. The van der Waals surface area contributed by atoms with E-state index in [4.69, 9.17) is 27.9 Å². The van der Waals surface area contributed by atoms with E-state index >= 15 is 4.39 Å². The summed E-state index contributed by atoms with van der Waals surface area (Å²) >= 11 is 13.0. The fraction of sp³-hybridized carbons (Fsp3) is 0.462. The average molecular weight is 964 g/mol. The van der Waals surface area contributed by atoms with Crippen LogP contribution in [-0.2, 0) is 26.3 Å². The summed E-state index contributed by atoms with van der Waals surface area (Å²) in [5, 5.41) is 13.5. The molecule has 4 N–H and O–H groups in total. The minimum absolute atomic E-state index is 0.0114. The molecule has 356 valence electrons. The molecule has 68 heavy (non-hydrogen) atoms. The minimum Gasteiger partial charge on any atom is -0.494 e. The van der Waals surface area contributed by atoms with Crippen LogP contribution in [0.3, 0.4) is 0 Å². The van der Waals surface area contributed by atoms with Gasteiger partial charge < -0.3 is 35.4 Å². The number of fused-ring (bicyclic) bond motifs is 4. The second-order valence-corrected chi connectivity index (χ2v) is 22.0. The summed E-state index contributed by atoms with van der Waals surface area (Å²) in [6, 6.07) is 21.4. The highest BCUT2D eigenvalue weighted by molar-refractivity contribution is 6.31. The van der Waals surface area contributed by atoms with Crippen molar-refractivity contribution in [2.45, 2.75) is 82.1 Å². The van der Waals surface area contributed by atoms with Gasteiger partial charge in [-0.2, -0.15) is 0 Å². The van der Waals surface area contributed by atoms with Gasteiger partial charge in [-0.05, 0) is 83.7 Å². The maximum absolute atomic E-state index is 16.4. The van der Waals surface area contributed by atoms with Crippen molar-refractivity contribution in [1.29, 1.82) is 0 Å². The predicted octanol–water partition coefficient (Wildman–Crippen LogP) is 7.02. The second-order valence-electron chi connectivity index (χ2n) is 21.2. The Hall–Kier alpha value is -5.41. The van der Waals surface area contributed by atoms with E-state index in [-0.39, 0.29) is 40.6 Å². The van der Waals surface area contributed by atoms with Crippen LogP contribution in [-0.4, -0.2) is 111 Å². The molecule has 7 atom stereocenters. The SMILES string of the molecule is COc1cc(N2CC3CN(C4CN(c5cccc6c5CN(C5CCC(=O)NC5=O)C6=O)C4)CC3C2)ccc1NC(=O)[C@@H]1N[C@@H](CC(C)(C)C)[C@@]2(CNc3cc(Cl)ccc32)[C@H]1c1cccc(Cl)c1F. The first-order valence-electron chi connectivity index (χ1n) is 23.8. The highest BCUT2D eigenvalue weighted by Crippen LogP contribution is 2.57. The number of anilines is 4. The van der Waals surface area contributed by atoms with Gasteiger partial charge >= 0.3 is 0 Å². The van der Waals surface area contributed by atoms with E-state index in [0.717, 1.165) is 73.9 Å². The van der Waals surface area contributed by atoms with Crippen molar-refractivity contribution in [2.24, 2.45) is 17.3 Å². The van der Waals surface area contributed by atoms with Crippen LogP contribution in [0.1, 0.15) is 73.0 Å². The van der Waals surface area contributed by atoms with E-state index in [1.165, 1.54) is 0 Å². The fourth-order valence-electron chi connectivity index (χ4n) is 12.7. The lowest BCUT2D eigenvalue weighted by atomic mass is 9.63. The first kappa shape index (κ1) is 45.1. The summed E-state index contributed by atoms with van der Waals surface area (Å²) in [6.07, 6.45) is 1.30. The third-order valence-corrected chi connectivity index (χ3v) is 16.5. The number of hydrogen-bond donors (Lipinski definition) is 4. The Kier molecular flexibility index (Phi) is 11.2. The Morgan fingerprint density at radius 1 is 0.926 bits per heavy atom. The number of carbonyl (C=O) groups excluding carboxylic acids is 4. The van der Waals surface area contributed by atoms with E-state index in [9.17, 15) is 19.2 Å². The molecule has 5 fully saturated rings. The maximum atomic E-state index is 16.4. The zero-order valence-electron chi connectivity index (χ0n) is 38.7. The van der Waals surface area contributed by atoms with Crippen molar-refractivity contribution >= 4 is 69.6 Å². The van der Waals surface area contributed by atoms with E-state index in [1.54, 1.807) is 30.2 Å². The third kappa shape index (κ3) is 7.57. The maximum Gasteiger partial charge on any atom is 0.255 e. The van der Waals surface area contributed by atoms with Gasteiger partial charge in [0, 0.05) is 121 Å². The van der Waals surface area contributed by atoms with Crippen LogP contribution in [0, 0.1) is 23.1 Å². The van der Waals surface area contributed by atoms with Gasteiger partial charge in [-0.1, -0.05) is 68.2 Å². The summed E-state index contributed by atoms with van der Waals surface area (Å²) < 4.78 is 22.3. The van der Waals surface area contributed by atoms with Crippen LogP contribution in [0.2, 0.25) is 10.0 Å². The van der Waals surface area contributed by atoms with Gasteiger partial charge in [0.2, 0.25) is 17.7 Å². The van der Waals surface area contributed by atoms with Gasteiger partial charge in [0.05, 0.1) is 23.9 Å². The molecular weight excluding hydrogens is 907 g/mol. The van der Waals surface area contributed by atoms with Crippen LogP contribution in [0.5, 0.6) is 5.75 Å². The summed E-state index contributed by atoms with van der Waals surface area (Å²) in [5.74, 6) is -0.715. The Labute approximate surface area is 406 Å². The van der Waals surface area contributed by atoms with Crippen LogP contribution in [0.15, 0.2) is 72.8 Å². The predicted molar refractivity (Wildman–Crippen MR) is 261 cm³/mol. The summed E-state index contributed by atoms with van der Waals surface area (Å²) in [6.45, 7) is 13.0. The number of rotatable bonds is 9. The zero-order valence-corrected chi connectivity index (χ0v) is 40.2. The lowest BCUT2D eigenvalue weighted by molar-refractivity contribution is -0.137. The average Bonchev–Trinajstić information content (AvgIpc) is 4.10. The smallest absolute Gasteiger partial charge is 0.255 e. The van der Waals surface area contributed by atoms with E-state index in [0.29, 0.717) is 65.0 Å². The normalized spacial score (nSPS) is 27.9. The number of amides is 4. The highest BCUT2D eigenvalue weighted by atomic mass is 35.5. The summed E-state index contributed by atoms with van der Waals surface area (Å²) in [7, 11) is 1.61. The molecule has 0 radical (unpaired) electrons. The first-order chi connectivity index (χ1) is 32.6. The number of hydrogen-bond acceptors (Lipinski definition) is 10. The standard InChI is InChI=1S/C52H57Cl2FN8O5/c1-51(2,3)19-43-52(27-56-39-17-30(53)11-13-36(39)52)45(34-8-5-9-37(54)46(34)55)47(58-43)49(66)57-38-14-12-31(18-42(38)68-4)60-20-28-22-61(23-29(28)21-60)32-24-62(25-32)40-10-6-7-33-35(40)26-63(50(33)67)41-15-16-44(64)59-48(41)65/h5-14,17-18,28-29,32,41,43,45,47,56,58H,15-16,19-27H2,1-4H3,(H,57,66)(H,59,64,65)/t28?,29?,41?,43-,45-,47+,52-/m0/s1. The number of ether oxygens (including phenoxy) is 1. The molecule has 1 spiro atoms. The van der Waals surface area contributed by atoms with Crippen molar-refractivity contribution in [3.8, 4) is 5.75 Å². The Balaban J connectivity index is 0.762. The van der Waals surface area contributed by atoms with Crippen LogP contribution < -0.4 is 35.8 Å². The number of methoxy groups -OCH3 is 1. The zero-order chi connectivity index (χ0) is 47.4. The molecule has 0 saturated carbocycles. The van der Waals surface area contributed by atoms with Gasteiger partial charge in [0.1, 0.15) is 17.6 Å². The summed E-state index contributed by atoms with van der Waals surface area (Å²) in [5.41, 5.74) is 5.65. The second kappa shape index (κ2) is 16.9. The molecule has 7 aliphatic rings. The van der Waals surface area contributed by atoms with Crippen LogP contribution in [0.25, 0.3) is 0 Å². The molecule has 5 saturated heterocycles. The van der Waals surface area contributed by atoms with Gasteiger partial charge in [-0.25, -0.2) is 4.39 Å². The monoisotopic (exact) mass is 962 g/mol. The first-order valence-corrected chi connectivity index (χ1v) is 24.6. The molecule has 0 aromatic heterocycles. The largest absolute Gasteiger partial charge is 0.494 e. The molecule has 13 nitrogen and oxygen atoms in total. The Morgan fingerprint density at radius 3 is 2.43 bits per heavy atom. The molecule has 11 rings (SSSR count). The molecule has 4 aromatic rings. The van der Waals surface area contributed by atoms with Crippen LogP contribution >= 0.6 is 23.2 Å². The molecule has 16 heteroatoms. The Morgan fingerprint density at radius 2 is 1.69 bits per heavy atom. The quantitative estimate of drug-likeness (QED) is 0.130. The van der Waals surface area contributed by atoms with Crippen molar-refractivity contribution in [2.75, 3.05) is 73.4 Å². The van der Waals surface area contributed by atoms with Gasteiger partial charge in [-0.15, -0.1) is 0 Å². The number of piperidine rings is 1. The van der Waals surface area contributed by atoms with Gasteiger partial charge in [-0.3, -0.25) is 29.4 Å². The fourth-order valence-corrected chi connectivity index (χ4v) is 13.1. The highest BCUT2D eigenvalue weighted by Gasteiger charge is 2.62. The number of imide groups is 1. The van der Waals surface area contributed by atoms with E-state index in [1.807, 2.05) is 48.5 Å². The van der Waals surface area contributed by atoms with Gasteiger partial charge in [0.25, 0.3) is 5.91 Å².